The number of benzene rings is 1. The van der Waals surface area contributed by atoms with E-state index in [0.717, 1.165) is 0 Å². The Kier molecular flexibility index (Phi) is 4.90. The van der Waals surface area contributed by atoms with Crippen molar-refractivity contribution >= 4 is 23.5 Å². The summed E-state index contributed by atoms with van der Waals surface area (Å²) in [4.78, 5) is 26.8. The van der Waals surface area contributed by atoms with E-state index >= 15 is 0 Å². The number of carbonyl (C=O) groups excluding carboxylic acids is 1. The van der Waals surface area contributed by atoms with Gasteiger partial charge in [-0.1, -0.05) is 29.8 Å². The third kappa shape index (κ3) is 3.79. The summed E-state index contributed by atoms with van der Waals surface area (Å²) in [5, 5.41) is 11.9. The van der Waals surface area contributed by atoms with Gasteiger partial charge in [0.1, 0.15) is 5.15 Å². The zero-order valence-electron chi connectivity index (χ0n) is 11.0. The summed E-state index contributed by atoms with van der Waals surface area (Å²) in [5.74, 6) is -1.31. The van der Waals surface area contributed by atoms with Crippen LogP contribution in [0.25, 0.3) is 0 Å². The van der Waals surface area contributed by atoms with Crippen LogP contribution < -0.4 is 5.32 Å². The molecule has 0 saturated carbocycles. The van der Waals surface area contributed by atoms with Crippen LogP contribution >= 0.6 is 11.6 Å². The average Bonchev–Trinajstić information content (AvgIpc) is 2.48. The molecule has 0 aliphatic heterocycles. The fourth-order valence-corrected chi connectivity index (χ4v) is 2.11. The molecule has 0 aliphatic carbocycles. The molecule has 0 unspecified atom stereocenters. The molecule has 0 radical (unpaired) electrons. The number of pyridine rings is 1. The maximum absolute atomic E-state index is 11.9. The highest BCUT2D eigenvalue weighted by molar-refractivity contribution is 6.32. The second-order valence-corrected chi connectivity index (χ2v) is 4.67. The van der Waals surface area contributed by atoms with Crippen molar-refractivity contribution in [2.24, 2.45) is 0 Å². The molecule has 0 spiro atoms. The van der Waals surface area contributed by atoms with Crippen molar-refractivity contribution in [2.75, 3.05) is 6.54 Å². The number of carboxylic acids is 1. The quantitative estimate of drug-likeness (QED) is 0.831. The lowest BCUT2D eigenvalue weighted by atomic mass is 10.0. The number of amides is 1. The van der Waals surface area contributed by atoms with Crippen LogP contribution in [0.5, 0.6) is 0 Å². The first-order valence-corrected chi connectivity index (χ1v) is 6.67. The molecule has 2 rings (SSSR count). The first-order valence-electron chi connectivity index (χ1n) is 6.29. The molecule has 21 heavy (non-hydrogen) atoms. The molecule has 0 atom stereocenters. The summed E-state index contributed by atoms with van der Waals surface area (Å²) in [6, 6.07) is 9.91. The molecule has 0 saturated heterocycles. The van der Waals surface area contributed by atoms with Crippen molar-refractivity contribution in [3.8, 4) is 0 Å². The summed E-state index contributed by atoms with van der Waals surface area (Å²) in [7, 11) is 0. The Morgan fingerprint density at radius 3 is 2.57 bits per heavy atom. The van der Waals surface area contributed by atoms with Gasteiger partial charge in [0.15, 0.2) is 0 Å². The van der Waals surface area contributed by atoms with Crippen LogP contribution in [0.4, 0.5) is 0 Å². The maximum Gasteiger partial charge on any atom is 0.335 e. The second kappa shape index (κ2) is 6.85. The molecule has 1 amide bonds. The SMILES string of the molecule is O=C(O)c1ccccc1CCNC(=O)c1cccnc1Cl. The van der Waals surface area contributed by atoms with Gasteiger partial charge in [-0.05, 0) is 30.2 Å². The van der Waals surface area contributed by atoms with Crippen molar-refractivity contribution in [3.63, 3.8) is 0 Å². The average molecular weight is 305 g/mol. The molecule has 2 aromatic rings. The zero-order valence-corrected chi connectivity index (χ0v) is 11.8. The molecule has 1 aromatic heterocycles. The molecule has 0 bridgehead atoms. The topological polar surface area (TPSA) is 79.3 Å². The molecular weight excluding hydrogens is 292 g/mol. The van der Waals surface area contributed by atoms with Crippen LogP contribution in [0.2, 0.25) is 5.15 Å². The van der Waals surface area contributed by atoms with E-state index in [4.69, 9.17) is 16.7 Å². The number of carboxylic acid groups (broad SMARTS) is 1. The molecule has 0 aliphatic rings. The van der Waals surface area contributed by atoms with Crippen LogP contribution in [0.15, 0.2) is 42.6 Å². The summed E-state index contributed by atoms with van der Waals surface area (Å²) in [6.07, 6.45) is 1.92. The number of halogens is 1. The normalized spacial score (nSPS) is 10.1. The molecule has 6 heteroatoms. The number of aromatic nitrogens is 1. The zero-order chi connectivity index (χ0) is 15.2. The maximum atomic E-state index is 11.9. The van der Waals surface area contributed by atoms with Crippen molar-refractivity contribution in [1.29, 1.82) is 0 Å². The van der Waals surface area contributed by atoms with E-state index in [2.05, 4.69) is 10.3 Å². The Bertz CT molecular complexity index is 673. The van der Waals surface area contributed by atoms with Crippen molar-refractivity contribution in [1.82, 2.24) is 10.3 Å². The number of nitrogens with one attached hydrogen (secondary N) is 1. The molecule has 1 aromatic carbocycles. The lowest BCUT2D eigenvalue weighted by molar-refractivity contribution is 0.0695. The standard InChI is InChI=1S/C15H13ClN2O3/c16-13-12(6-3-8-17-13)14(19)18-9-7-10-4-1-2-5-11(10)15(20)21/h1-6,8H,7,9H2,(H,18,19)(H,20,21). The summed E-state index contributed by atoms with van der Waals surface area (Å²) >= 11 is 5.83. The third-order valence-corrected chi connectivity index (χ3v) is 3.23. The van der Waals surface area contributed by atoms with E-state index in [1.807, 2.05) is 0 Å². The van der Waals surface area contributed by atoms with Gasteiger partial charge in [-0.2, -0.15) is 0 Å². The van der Waals surface area contributed by atoms with Gasteiger partial charge in [0.25, 0.3) is 5.91 Å². The van der Waals surface area contributed by atoms with Gasteiger partial charge in [-0.25, -0.2) is 9.78 Å². The Morgan fingerprint density at radius 1 is 1.14 bits per heavy atom. The van der Waals surface area contributed by atoms with E-state index < -0.39 is 5.97 Å². The van der Waals surface area contributed by atoms with Gasteiger partial charge in [0.2, 0.25) is 0 Å². The Hall–Kier alpha value is -2.40. The highest BCUT2D eigenvalue weighted by atomic mass is 35.5. The Morgan fingerprint density at radius 2 is 1.86 bits per heavy atom. The Balaban J connectivity index is 1.98. The number of carbonyl (C=O) groups is 2. The minimum absolute atomic E-state index is 0.140. The van der Waals surface area contributed by atoms with Crippen LogP contribution in [0.1, 0.15) is 26.3 Å². The fourth-order valence-electron chi connectivity index (χ4n) is 1.91. The molecule has 5 nitrogen and oxygen atoms in total. The molecular formula is C15H13ClN2O3. The van der Waals surface area contributed by atoms with Gasteiger partial charge >= 0.3 is 5.97 Å². The van der Waals surface area contributed by atoms with Crippen LogP contribution in [0.3, 0.4) is 0 Å². The largest absolute Gasteiger partial charge is 0.478 e. The first-order chi connectivity index (χ1) is 10.1. The van der Waals surface area contributed by atoms with Gasteiger partial charge in [0, 0.05) is 12.7 Å². The minimum atomic E-state index is -0.979. The third-order valence-electron chi connectivity index (χ3n) is 2.93. The van der Waals surface area contributed by atoms with Crippen LogP contribution in [-0.2, 0) is 6.42 Å². The number of rotatable bonds is 5. The summed E-state index contributed by atoms with van der Waals surface area (Å²) in [5.41, 5.74) is 1.21. The predicted octanol–water partition coefficient (Wildman–Crippen LogP) is 2.41. The summed E-state index contributed by atoms with van der Waals surface area (Å²) < 4.78 is 0. The van der Waals surface area contributed by atoms with E-state index in [-0.39, 0.29) is 16.6 Å². The lowest BCUT2D eigenvalue weighted by Crippen LogP contribution is -2.26. The van der Waals surface area contributed by atoms with Crippen molar-refractivity contribution in [2.45, 2.75) is 6.42 Å². The minimum Gasteiger partial charge on any atom is -0.478 e. The van der Waals surface area contributed by atoms with Crippen molar-refractivity contribution < 1.29 is 14.7 Å². The van der Waals surface area contributed by atoms with Gasteiger partial charge in [-0.3, -0.25) is 4.79 Å². The summed E-state index contributed by atoms with van der Waals surface area (Å²) in [6.45, 7) is 0.314. The van der Waals surface area contributed by atoms with Crippen LogP contribution in [-0.4, -0.2) is 28.5 Å². The Labute approximate surface area is 126 Å². The number of hydrogen-bond acceptors (Lipinski definition) is 3. The number of hydrogen-bond donors (Lipinski definition) is 2. The van der Waals surface area contributed by atoms with E-state index in [1.165, 1.54) is 12.3 Å². The smallest absolute Gasteiger partial charge is 0.335 e. The van der Waals surface area contributed by atoms with E-state index in [1.54, 1.807) is 30.3 Å². The van der Waals surface area contributed by atoms with Gasteiger partial charge < -0.3 is 10.4 Å². The highest BCUT2D eigenvalue weighted by Gasteiger charge is 2.12. The first kappa shape index (κ1) is 15.0. The van der Waals surface area contributed by atoms with Gasteiger partial charge in [0.05, 0.1) is 11.1 Å². The highest BCUT2D eigenvalue weighted by Crippen LogP contribution is 2.12. The fraction of sp³-hybridized carbons (Fsp3) is 0.133. The monoisotopic (exact) mass is 304 g/mol. The van der Waals surface area contributed by atoms with E-state index in [9.17, 15) is 9.59 Å². The van der Waals surface area contributed by atoms with Crippen molar-refractivity contribution in [3.05, 3.63) is 64.4 Å². The van der Waals surface area contributed by atoms with Crippen LogP contribution in [0, 0.1) is 0 Å². The number of aromatic carboxylic acids is 1. The molecule has 1 heterocycles. The number of nitrogens with zero attached hydrogens (tertiary/aromatic N) is 1. The van der Waals surface area contributed by atoms with E-state index in [0.29, 0.717) is 24.1 Å². The second-order valence-electron chi connectivity index (χ2n) is 4.31. The molecule has 108 valence electrons. The van der Waals surface area contributed by atoms with Gasteiger partial charge in [-0.15, -0.1) is 0 Å². The molecule has 0 fully saturated rings. The predicted molar refractivity (Wildman–Crippen MR) is 78.7 cm³/mol. The molecule has 2 N–H and O–H groups in total. The lowest BCUT2D eigenvalue weighted by Gasteiger charge is -2.08.